The molecule has 0 bridgehead atoms. The van der Waals surface area contributed by atoms with E-state index in [4.69, 9.17) is 4.74 Å². The highest BCUT2D eigenvalue weighted by Crippen LogP contribution is 2.24. The highest BCUT2D eigenvalue weighted by atomic mass is 16.6. The maximum absolute atomic E-state index is 12.4. The maximum atomic E-state index is 12.4. The molecule has 1 aliphatic rings. The Morgan fingerprint density at radius 2 is 1.00 bits per heavy atom. The molecule has 6 amide bonds. The van der Waals surface area contributed by atoms with Gasteiger partial charge in [0.2, 0.25) is 29.5 Å². The number of nitrogens with zero attached hydrogens (tertiary/aromatic N) is 4. The number of ketones is 2. The lowest BCUT2D eigenvalue weighted by atomic mass is 9.91. The van der Waals surface area contributed by atoms with E-state index in [1.54, 1.807) is 4.90 Å². The van der Waals surface area contributed by atoms with E-state index in [9.17, 15) is 54.0 Å². The summed E-state index contributed by atoms with van der Waals surface area (Å²) in [7, 11) is 0. The largest absolute Gasteiger partial charge is 0.444 e. The Bertz CT molecular complexity index is 1350. The van der Waals surface area contributed by atoms with Gasteiger partial charge in [0.25, 0.3) is 0 Å². The average molecular weight is 855 g/mol. The summed E-state index contributed by atoms with van der Waals surface area (Å²) < 4.78 is 5.43. The van der Waals surface area contributed by atoms with Gasteiger partial charge in [-0.15, -0.1) is 0 Å². The molecule has 18 nitrogen and oxygen atoms in total. The van der Waals surface area contributed by atoms with Crippen molar-refractivity contribution >= 4 is 47.2 Å². The lowest BCUT2D eigenvalue weighted by molar-refractivity contribution is -0.166. The van der Waals surface area contributed by atoms with Gasteiger partial charge >= 0.3 is 6.09 Å². The van der Waals surface area contributed by atoms with Crippen LogP contribution in [0.5, 0.6) is 0 Å². The van der Waals surface area contributed by atoms with Crippen molar-refractivity contribution in [3.63, 3.8) is 0 Å². The van der Waals surface area contributed by atoms with E-state index in [0.29, 0.717) is 111 Å². The van der Waals surface area contributed by atoms with Gasteiger partial charge in [-0.1, -0.05) is 12.8 Å². The minimum atomic E-state index is -0.568. The summed E-state index contributed by atoms with van der Waals surface area (Å²) in [5.41, 5.74) is -0.532. The summed E-state index contributed by atoms with van der Waals surface area (Å²) in [4.78, 5) is 98.0. The van der Waals surface area contributed by atoms with E-state index >= 15 is 0 Å². The van der Waals surface area contributed by atoms with E-state index in [-0.39, 0.29) is 87.6 Å². The second kappa shape index (κ2) is 30.8. The first kappa shape index (κ1) is 53.9. The molecule has 0 aromatic rings. The monoisotopic (exact) mass is 855 g/mol. The van der Waals surface area contributed by atoms with Crippen molar-refractivity contribution in [3.05, 3.63) is 0 Å². The van der Waals surface area contributed by atoms with Crippen molar-refractivity contribution in [1.29, 1.82) is 0 Å². The lowest BCUT2D eigenvalue weighted by Crippen LogP contribution is -2.41. The van der Waals surface area contributed by atoms with Gasteiger partial charge in [0, 0.05) is 104 Å². The minimum Gasteiger partial charge on any atom is -0.444 e. The summed E-state index contributed by atoms with van der Waals surface area (Å²) in [5, 5.41) is 36.7. The van der Waals surface area contributed by atoms with Crippen LogP contribution in [0.4, 0.5) is 4.79 Å². The predicted molar refractivity (Wildman–Crippen MR) is 220 cm³/mol. The van der Waals surface area contributed by atoms with Crippen LogP contribution in [0, 0.1) is 5.92 Å². The molecule has 5 N–H and O–H groups in total. The van der Waals surface area contributed by atoms with Gasteiger partial charge in [-0.25, -0.2) is 20.0 Å². The van der Waals surface area contributed by atoms with Crippen molar-refractivity contribution in [2.75, 3.05) is 45.8 Å². The first-order valence-electron chi connectivity index (χ1n) is 21.9. The molecule has 0 aromatic heterocycles. The van der Waals surface area contributed by atoms with Crippen molar-refractivity contribution in [1.82, 2.24) is 30.7 Å². The third-order valence-electron chi connectivity index (χ3n) is 10.2. The second-order valence-electron chi connectivity index (χ2n) is 16.7. The van der Waals surface area contributed by atoms with Crippen LogP contribution < -0.4 is 10.6 Å². The number of carbonyl (C=O) groups excluding carboxylic acids is 8. The number of rotatable bonds is 31. The third-order valence-corrected chi connectivity index (χ3v) is 10.2. The third kappa shape index (κ3) is 27.6. The van der Waals surface area contributed by atoms with Gasteiger partial charge in [0.1, 0.15) is 17.2 Å². The zero-order chi connectivity index (χ0) is 44.9. The molecule has 0 aromatic carbocycles. The number of ether oxygens (including phenoxy) is 1. The Morgan fingerprint density at radius 1 is 0.567 bits per heavy atom. The second-order valence-corrected chi connectivity index (χ2v) is 16.7. The quantitative estimate of drug-likeness (QED) is 0.0348. The molecule has 0 spiro atoms. The minimum absolute atomic E-state index is 0.0468. The Morgan fingerprint density at radius 3 is 1.52 bits per heavy atom. The van der Waals surface area contributed by atoms with E-state index in [2.05, 4.69) is 10.6 Å². The number of nitrogens with one attached hydrogen (secondary N) is 2. The van der Waals surface area contributed by atoms with Crippen molar-refractivity contribution < 1.29 is 58.7 Å². The maximum Gasteiger partial charge on any atom is 0.410 e. The zero-order valence-electron chi connectivity index (χ0n) is 36.7. The van der Waals surface area contributed by atoms with Crippen molar-refractivity contribution in [2.45, 2.75) is 168 Å². The number of likely N-dealkylation sites (tertiary alicyclic amines) is 1. The molecular formula is C42H74N6O12. The summed E-state index contributed by atoms with van der Waals surface area (Å²) in [6.45, 7) is 9.24. The number of amides is 6. The summed E-state index contributed by atoms with van der Waals surface area (Å²) in [6.07, 6.45) is 9.20. The van der Waals surface area contributed by atoms with Gasteiger partial charge in [0.15, 0.2) is 0 Å². The molecule has 1 heterocycles. The van der Waals surface area contributed by atoms with E-state index in [1.807, 2.05) is 20.8 Å². The first-order valence-corrected chi connectivity index (χ1v) is 21.9. The topological polar surface area (TPSA) is 243 Å². The standard InChI is InChI=1S/C42H74N6O12/c1-33(49)46(57)28-12-6-5-9-15-35(50)19-22-39(54)47(58)29-13-8-11-27-44-38(53)21-23-40(55)48(59)30-14-7-10-26-43-37(52)20-18-36(51)17-16-34-24-31-45(32-25-34)41(56)60-42(2,3)4/h34,57-59H,5-32H2,1-4H3,(H,43,52)(H,44,53). The predicted octanol–water partition coefficient (Wildman–Crippen LogP) is 5.09. The lowest BCUT2D eigenvalue weighted by Gasteiger charge is -2.33. The first-order chi connectivity index (χ1) is 28.4. The number of hydrogen-bond donors (Lipinski definition) is 5. The van der Waals surface area contributed by atoms with Gasteiger partial charge in [0.05, 0.1) is 0 Å². The van der Waals surface area contributed by atoms with Gasteiger partial charge in [-0.3, -0.25) is 49.2 Å². The zero-order valence-corrected chi connectivity index (χ0v) is 36.7. The number of hydrogen-bond acceptors (Lipinski definition) is 12. The van der Waals surface area contributed by atoms with Crippen LogP contribution in [0.25, 0.3) is 0 Å². The molecule has 0 atom stereocenters. The molecule has 1 fully saturated rings. The van der Waals surface area contributed by atoms with Crippen LogP contribution in [-0.4, -0.2) is 134 Å². The fourth-order valence-corrected chi connectivity index (χ4v) is 6.43. The van der Waals surface area contributed by atoms with Crippen molar-refractivity contribution in [3.8, 4) is 0 Å². The van der Waals surface area contributed by atoms with Crippen LogP contribution in [0.2, 0.25) is 0 Å². The Labute approximate surface area is 355 Å². The van der Waals surface area contributed by atoms with E-state index in [0.717, 1.165) is 32.1 Å². The normalized spacial score (nSPS) is 13.0. The molecular weight excluding hydrogens is 780 g/mol. The fourth-order valence-electron chi connectivity index (χ4n) is 6.43. The number of carbonyl (C=O) groups is 8. The molecule has 1 aliphatic heterocycles. The Balaban J connectivity index is 2.00. The van der Waals surface area contributed by atoms with Crippen molar-refractivity contribution in [2.24, 2.45) is 5.92 Å². The smallest absolute Gasteiger partial charge is 0.410 e. The number of hydroxylamine groups is 6. The highest BCUT2D eigenvalue weighted by Gasteiger charge is 2.27. The molecule has 0 unspecified atom stereocenters. The van der Waals surface area contributed by atoms with Gasteiger partial charge < -0.3 is 20.3 Å². The molecule has 0 aliphatic carbocycles. The van der Waals surface area contributed by atoms with Gasteiger partial charge in [-0.05, 0) is 97.3 Å². The number of unbranched alkanes of at least 4 members (excludes halogenated alkanes) is 7. The SMILES string of the molecule is CC(=O)N(O)CCCCCCC(=O)CCC(=O)N(O)CCCCCNC(=O)CCC(=O)N(O)CCCCCNC(=O)CCC(=O)CCC1CCN(C(=O)OC(C)(C)C)CC1. The molecule has 0 radical (unpaired) electrons. The van der Waals surface area contributed by atoms with Crippen LogP contribution in [0.15, 0.2) is 0 Å². The molecule has 0 saturated carbocycles. The Hall–Kier alpha value is -4.16. The van der Waals surface area contributed by atoms with Gasteiger partial charge in [-0.2, -0.15) is 0 Å². The molecule has 18 heteroatoms. The summed E-state index contributed by atoms with van der Waals surface area (Å²) in [5.74, 6) is -1.69. The van der Waals surface area contributed by atoms with Crippen LogP contribution >= 0.6 is 0 Å². The average Bonchev–Trinajstić information content (AvgIpc) is 3.20. The number of Topliss-reactive ketones (excluding diaryl/α,β-unsaturated/α-hetero) is 2. The number of piperidine rings is 1. The van der Waals surface area contributed by atoms with E-state index in [1.165, 1.54) is 6.92 Å². The molecule has 60 heavy (non-hydrogen) atoms. The summed E-state index contributed by atoms with van der Waals surface area (Å²) >= 11 is 0. The molecule has 344 valence electrons. The van der Waals surface area contributed by atoms with Crippen LogP contribution in [-0.2, 0) is 38.3 Å². The van der Waals surface area contributed by atoms with Crippen LogP contribution in [0.3, 0.4) is 0 Å². The Kier molecular flexibility index (Phi) is 27.6. The van der Waals surface area contributed by atoms with Crippen LogP contribution in [0.1, 0.15) is 163 Å². The van der Waals surface area contributed by atoms with E-state index < -0.39 is 23.3 Å². The summed E-state index contributed by atoms with van der Waals surface area (Å²) in [6, 6.07) is 0. The highest BCUT2D eigenvalue weighted by molar-refractivity contribution is 5.85. The molecule has 1 rings (SSSR count). The fraction of sp³-hybridized carbons (Fsp3) is 0.810. The molecule has 1 saturated heterocycles.